The first-order chi connectivity index (χ1) is 13.1. The number of hydrogen-bond acceptors (Lipinski definition) is 2. The molecule has 136 valence electrons. The number of hydrogen-bond donors (Lipinski definition) is 1. The quantitative estimate of drug-likeness (QED) is 0.587. The highest BCUT2D eigenvalue weighted by atomic mass is 15.2. The molecule has 0 bridgehead atoms. The Kier molecular flexibility index (Phi) is 5.84. The fourth-order valence-electron chi connectivity index (χ4n) is 3.09. The molecular weight excluding hydrogens is 330 g/mol. The zero-order valence-corrected chi connectivity index (χ0v) is 15.9. The number of benzene rings is 1. The summed E-state index contributed by atoms with van der Waals surface area (Å²) in [5, 5.41) is 0. The van der Waals surface area contributed by atoms with Gasteiger partial charge in [0.1, 0.15) is 11.5 Å². The molecule has 1 aliphatic rings. The van der Waals surface area contributed by atoms with E-state index in [-0.39, 0.29) is 0 Å². The average Bonchev–Trinajstić information content (AvgIpc) is 3.44. The lowest BCUT2D eigenvalue weighted by Gasteiger charge is -2.24. The minimum Gasteiger partial charge on any atom is -0.372 e. The number of nitrogens with one attached hydrogen (secondary N) is 1. The minimum absolute atomic E-state index is 0.609. The van der Waals surface area contributed by atoms with Gasteiger partial charge in [-0.15, -0.1) is 6.42 Å². The van der Waals surface area contributed by atoms with Gasteiger partial charge in [0.25, 0.3) is 0 Å². The maximum atomic E-state index is 5.35. The van der Waals surface area contributed by atoms with Gasteiger partial charge in [0.2, 0.25) is 0 Å². The summed E-state index contributed by atoms with van der Waals surface area (Å²) in [5.41, 5.74) is 4.93. The van der Waals surface area contributed by atoms with Crippen LogP contribution in [0.25, 0.3) is 11.8 Å². The maximum Gasteiger partial charge on any atom is 0.109 e. The van der Waals surface area contributed by atoms with Gasteiger partial charge in [0.15, 0.2) is 0 Å². The van der Waals surface area contributed by atoms with Crippen LogP contribution in [0.3, 0.4) is 0 Å². The summed E-state index contributed by atoms with van der Waals surface area (Å²) in [6.07, 6.45) is 14.0. The first kappa shape index (κ1) is 18.6. The number of terminal acetylenes is 1. The van der Waals surface area contributed by atoms with E-state index in [9.17, 15) is 0 Å². The smallest absolute Gasteiger partial charge is 0.109 e. The van der Waals surface area contributed by atoms with Crippen molar-refractivity contribution in [2.45, 2.75) is 38.1 Å². The van der Waals surface area contributed by atoms with Crippen molar-refractivity contribution >= 4 is 11.8 Å². The van der Waals surface area contributed by atoms with Crippen molar-refractivity contribution in [3.05, 3.63) is 65.8 Å². The molecule has 0 atom stereocenters. The highest BCUT2D eigenvalue weighted by Crippen LogP contribution is 2.34. The van der Waals surface area contributed by atoms with Crippen LogP contribution in [0.1, 0.15) is 53.9 Å². The van der Waals surface area contributed by atoms with Crippen molar-refractivity contribution < 1.29 is 0 Å². The molecule has 1 aliphatic carbocycles. The number of H-pyrrole nitrogens is 1. The van der Waals surface area contributed by atoms with E-state index in [1.807, 2.05) is 12.1 Å². The second-order valence-corrected chi connectivity index (χ2v) is 6.81. The molecule has 1 fully saturated rings. The molecular formula is C24H25N3. The van der Waals surface area contributed by atoms with Crippen LogP contribution in [-0.4, -0.2) is 28.0 Å². The number of aromatic nitrogens is 2. The number of rotatable bonds is 7. The van der Waals surface area contributed by atoms with Gasteiger partial charge in [-0.05, 0) is 30.9 Å². The van der Waals surface area contributed by atoms with Crippen LogP contribution in [-0.2, 0) is 6.42 Å². The lowest BCUT2D eigenvalue weighted by atomic mass is 9.98. The molecule has 0 amide bonds. The van der Waals surface area contributed by atoms with Crippen molar-refractivity contribution in [3.63, 3.8) is 0 Å². The summed E-state index contributed by atoms with van der Waals surface area (Å²) < 4.78 is 0. The molecule has 0 saturated heterocycles. The molecule has 1 N–H and O–H groups in total. The molecule has 0 aliphatic heterocycles. The number of imidazole rings is 1. The van der Waals surface area contributed by atoms with E-state index >= 15 is 0 Å². The third kappa shape index (κ3) is 4.52. The zero-order valence-electron chi connectivity index (χ0n) is 15.9. The van der Waals surface area contributed by atoms with Crippen LogP contribution in [0.2, 0.25) is 0 Å². The Bertz CT molecular complexity index is 942. The summed E-state index contributed by atoms with van der Waals surface area (Å²) in [6, 6.07) is 6.77. The summed E-state index contributed by atoms with van der Waals surface area (Å²) in [7, 11) is 2.12. The Morgan fingerprint density at radius 1 is 1.44 bits per heavy atom. The predicted octanol–water partition coefficient (Wildman–Crippen LogP) is 4.47. The molecule has 1 saturated carbocycles. The van der Waals surface area contributed by atoms with Crippen molar-refractivity contribution in [1.82, 2.24) is 14.9 Å². The van der Waals surface area contributed by atoms with Gasteiger partial charge in [-0.25, -0.2) is 4.98 Å². The lowest BCUT2D eigenvalue weighted by Crippen LogP contribution is -2.19. The third-order valence-electron chi connectivity index (χ3n) is 4.85. The SMILES string of the molecule is C#Cc1cnc(CCCC#Cc2cccc(C=C)c2C(=C)N(C)C2CC2)[nH]1. The summed E-state index contributed by atoms with van der Waals surface area (Å²) in [5.74, 6) is 10.1. The minimum atomic E-state index is 0.609. The molecule has 0 radical (unpaired) electrons. The second-order valence-electron chi connectivity index (χ2n) is 6.81. The molecule has 3 heteroatoms. The molecule has 3 rings (SSSR count). The lowest BCUT2D eigenvalue weighted by molar-refractivity contribution is 0.471. The second kappa shape index (κ2) is 8.47. The number of aryl methyl sites for hydroxylation is 1. The van der Waals surface area contributed by atoms with Crippen LogP contribution >= 0.6 is 0 Å². The summed E-state index contributed by atoms with van der Waals surface area (Å²) >= 11 is 0. The summed E-state index contributed by atoms with van der Waals surface area (Å²) in [4.78, 5) is 9.66. The standard InChI is InChI=1S/C24H25N3/c1-5-19-12-10-13-20(24(19)18(3)27(4)22-15-16-22)11-8-7-9-14-23-25-17-21(6-2)26-23/h2,5,10,12-13,17,22H,1,3,7,9,14-16H2,4H3,(H,25,26). The molecule has 0 spiro atoms. The maximum absolute atomic E-state index is 5.35. The van der Waals surface area contributed by atoms with Crippen molar-refractivity contribution in [1.29, 1.82) is 0 Å². The van der Waals surface area contributed by atoms with Crippen LogP contribution in [0.15, 0.2) is 37.6 Å². The van der Waals surface area contributed by atoms with Gasteiger partial charge >= 0.3 is 0 Å². The Morgan fingerprint density at radius 2 is 2.26 bits per heavy atom. The van der Waals surface area contributed by atoms with Gasteiger partial charge < -0.3 is 9.88 Å². The average molecular weight is 355 g/mol. The normalized spacial score (nSPS) is 12.6. The summed E-state index contributed by atoms with van der Waals surface area (Å²) in [6.45, 7) is 8.29. The molecule has 3 nitrogen and oxygen atoms in total. The Morgan fingerprint density at radius 3 is 2.93 bits per heavy atom. The monoisotopic (exact) mass is 355 g/mol. The van der Waals surface area contributed by atoms with Crippen molar-refractivity contribution in [2.24, 2.45) is 0 Å². The van der Waals surface area contributed by atoms with Crippen LogP contribution in [0.4, 0.5) is 0 Å². The Labute approximate surface area is 162 Å². The number of nitrogens with zero attached hydrogens (tertiary/aromatic N) is 2. The number of aromatic amines is 1. The van der Waals surface area contributed by atoms with Gasteiger partial charge in [0, 0.05) is 42.8 Å². The van der Waals surface area contributed by atoms with Gasteiger partial charge in [-0.1, -0.05) is 49.1 Å². The van der Waals surface area contributed by atoms with Gasteiger partial charge in [0.05, 0.1) is 6.20 Å². The van der Waals surface area contributed by atoms with Gasteiger partial charge in [-0.2, -0.15) is 0 Å². The van der Waals surface area contributed by atoms with E-state index in [0.717, 1.165) is 53.2 Å². The molecule has 0 unspecified atom stereocenters. The highest BCUT2D eigenvalue weighted by Gasteiger charge is 2.28. The van der Waals surface area contributed by atoms with Crippen molar-refractivity contribution in [2.75, 3.05) is 7.05 Å². The van der Waals surface area contributed by atoms with E-state index in [4.69, 9.17) is 6.42 Å². The van der Waals surface area contributed by atoms with E-state index < -0.39 is 0 Å². The van der Waals surface area contributed by atoms with Crippen LogP contribution in [0, 0.1) is 24.2 Å². The van der Waals surface area contributed by atoms with Gasteiger partial charge in [-0.3, -0.25) is 0 Å². The first-order valence-corrected chi connectivity index (χ1v) is 9.31. The first-order valence-electron chi connectivity index (χ1n) is 9.31. The van der Waals surface area contributed by atoms with Crippen molar-refractivity contribution in [3.8, 4) is 24.2 Å². The Hall–Kier alpha value is -3.17. The molecule has 2 aromatic rings. The van der Waals surface area contributed by atoms with Crippen LogP contribution in [0.5, 0.6) is 0 Å². The molecule has 1 aromatic carbocycles. The largest absolute Gasteiger partial charge is 0.372 e. The Balaban J connectivity index is 1.69. The number of unbranched alkanes of at least 4 members (excludes halogenated alkanes) is 1. The molecule has 1 heterocycles. The third-order valence-corrected chi connectivity index (χ3v) is 4.85. The zero-order chi connectivity index (χ0) is 19.2. The van der Waals surface area contributed by atoms with E-state index in [1.165, 1.54) is 12.8 Å². The fourth-order valence-corrected chi connectivity index (χ4v) is 3.09. The highest BCUT2D eigenvalue weighted by molar-refractivity contribution is 5.76. The molecule has 27 heavy (non-hydrogen) atoms. The van der Waals surface area contributed by atoms with E-state index in [1.54, 1.807) is 6.20 Å². The molecule has 1 aromatic heterocycles. The topological polar surface area (TPSA) is 31.9 Å². The van der Waals surface area contributed by atoms with Crippen LogP contribution < -0.4 is 0 Å². The van der Waals surface area contributed by atoms with E-state index in [2.05, 4.69) is 65.0 Å². The predicted molar refractivity (Wildman–Crippen MR) is 113 cm³/mol. The van der Waals surface area contributed by atoms with E-state index in [0.29, 0.717) is 6.04 Å². The fraction of sp³-hybridized carbons (Fsp3) is 0.292.